The molecule has 1 atom stereocenters. The number of carbonyl (C=O) groups is 1. The molecule has 1 aliphatic rings. The summed E-state index contributed by atoms with van der Waals surface area (Å²) >= 11 is 0. The molecule has 1 aliphatic carbocycles. The molecule has 0 spiro atoms. The summed E-state index contributed by atoms with van der Waals surface area (Å²) in [5.41, 5.74) is 5.68. The average Bonchev–Trinajstić information content (AvgIpc) is 3.04. The molecule has 0 saturated heterocycles. The Morgan fingerprint density at radius 1 is 1.33 bits per heavy atom. The minimum absolute atomic E-state index is 0.0176. The molecule has 0 fully saturated rings. The van der Waals surface area contributed by atoms with Crippen molar-refractivity contribution in [3.05, 3.63) is 65.1 Å². The Labute approximate surface area is 159 Å². The van der Waals surface area contributed by atoms with E-state index < -0.39 is 0 Å². The molecule has 1 unspecified atom stereocenters. The summed E-state index contributed by atoms with van der Waals surface area (Å²) in [5.74, 6) is 1.01. The fourth-order valence-electron chi connectivity index (χ4n) is 3.83. The van der Waals surface area contributed by atoms with Crippen LogP contribution in [-0.2, 0) is 24.1 Å². The minimum Gasteiger partial charge on any atom is -0.497 e. The number of imidazole rings is 1. The number of pyridine rings is 1. The van der Waals surface area contributed by atoms with E-state index in [1.165, 1.54) is 11.3 Å². The van der Waals surface area contributed by atoms with E-state index in [2.05, 4.69) is 41.0 Å². The molecule has 0 aliphatic heterocycles. The maximum Gasteiger partial charge on any atom is 0.223 e. The Morgan fingerprint density at radius 3 is 3.07 bits per heavy atom. The number of benzene rings is 1. The number of fused-ring (bicyclic) bond motifs is 3. The van der Waals surface area contributed by atoms with Crippen LogP contribution >= 0.6 is 0 Å². The lowest BCUT2D eigenvalue weighted by Gasteiger charge is -2.21. The second-order valence-corrected chi connectivity index (χ2v) is 7.27. The molecule has 0 bridgehead atoms. The van der Waals surface area contributed by atoms with E-state index in [0.29, 0.717) is 6.54 Å². The molecular formula is C22H25N3O2. The summed E-state index contributed by atoms with van der Waals surface area (Å²) in [6.07, 6.45) is 5.35. The summed E-state index contributed by atoms with van der Waals surface area (Å²) < 4.78 is 7.39. The van der Waals surface area contributed by atoms with Crippen LogP contribution in [-0.4, -0.2) is 28.9 Å². The van der Waals surface area contributed by atoms with Crippen LogP contribution < -0.4 is 10.1 Å². The molecule has 2 aromatic heterocycles. The Bertz CT molecular complexity index is 977. The van der Waals surface area contributed by atoms with Crippen molar-refractivity contribution in [2.45, 2.75) is 32.6 Å². The number of hydrogen-bond acceptors (Lipinski definition) is 3. The first kappa shape index (κ1) is 17.6. The van der Waals surface area contributed by atoms with E-state index in [1.807, 2.05) is 18.2 Å². The van der Waals surface area contributed by atoms with E-state index in [9.17, 15) is 4.79 Å². The number of aromatic nitrogens is 2. The summed E-state index contributed by atoms with van der Waals surface area (Å²) in [5, 5.41) is 3.11. The topological polar surface area (TPSA) is 55.6 Å². The van der Waals surface area contributed by atoms with Crippen LogP contribution in [0.25, 0.3) is 5.65 Å². The first-order chi connectivity index (χ1) is 13.1. The molecule has 5 nitrogen and oxygen atoms in total. The Balaban J connectivity index is 1.38. The van der Waals surface area contributed by atoms with E-state index >= 15 is 0 Å². The third-order valence-electron chi connectivity index (χ3n) is 5.35. The number of ether oxygens (including phenoxy) is 1. The highest BCUT2D eigenvalue weighted by Crippen LogP contribution is 2.27. The Hall–Kier alpha value is -2.82. The first-order valence-electron chi connectivity index (χ1n) is 9.51. The minimum atomic E-state index is 0.0176. The Kier molecular flexibility index (Phi) is 4.84. The zero-order chi connectivity index (χ0) is 18.8. The molecule has 27 heavy (non-hydrogen) atoms. The third-order valence-corrected chi connectivity index (χ3v) is 5.35. The molecule has 140 valence electrons. The molecule has 4 rings (SSSR count). The lowest BCUT2D eigenvalue weighted by Crippen LogP contribution is -2.35. The zero-order valence-corrected chi connectivity index (χ0v) is 15.9. The van der Waals surface area contributed by atoms with E-state index in [4.69, 9.17) is 9.72 Å². The summed E-state index contributed by atoms with van der Waals surface area (Å²) in [4.78, 5) is 17.4. The molecule has 0 saturated carbocycles. The van der Waals surface area contributed by atoms with Crippen molar-refractivity contribution >= 4 is 11.6 Å². The van der Waals surface area contributed by atoms with Gasteiger partial charge in [0.1, 0.15) is 11.4 Å². The van der Waals surface area contributed by atoms with Crippen molar-refractivity contribution in [2.24, 2.45) is 5.92 Å². The third kappa shape index (κ3) is 3.68. The molecular weight excluding hydrogens is 338 g/mol. The van der Waals surface area contributed by atoms with Crippen LogP contribution in [0.4, 0.5) is 0 Å². The van der Waals surface area contributed by atoms with Crippen molar-refractivity contribution in [1.82, 2.24) is 14.7 Å². The number of hydrogen-bond donors (Lipinski definition) is 1. The van der Waals surface area contributed by atoms with Gasteiger partial charge >= 0.3 is 0 Å². The van der Waals surface area contributed by atoms with Gasteiger partial charge in [0.15, 0.2) is 0 Å². The van der Waals surface area contributed by atoms with Gasteiger partial charge in [-0.25, -0.2) is 4.98 Å². The van der Waals surface area contributed by atoms with Crippen molar-refractivity contribution in [3.8, 4) is 5.75 Å². The molecule has 1 amide bonds. The van der Waals surface area contributed by atoms with Crippen LogP contribution in [0.5, 0.6) is 5.75 Å². The van der Waals surface area contributed by atoms with Gasteiger partial charge in [-0.3, -0.25) is 4.79 Å². The van der Waals surface area contributed by atoms with Gasteiger partial charge in [-0.05, 0) is 61.6 Å². The van der Waals surface area contributed by atoms with Gasteiger partial charge in [0.2, 0.25) is 5.91 Å². The fraction of sp³-hybridized carbons (Fsp3) is 0.364. The number of methoxy groups -OCH3 is 1. The molecule has 0 radical (unpaired) electrons. The first-order valence-corrected chi connectivity index (χ1v) is 9.51. The zero-order valence-electron chi connectivity index (χ0n) is 15.9. The van der Waals surface area contributed by atoms with Gasteiger partial charge < -0.3 is 14.5 Å². The fourth-order valence-corrected chi connectivity index (χ4v) is 3.83. The van der Waals surface area contributed by atoms with Crippen molar-refractivity contribution in [1.29, 1.82) is 0 Å². The number of amides is 1. The van der Waals surface area contributed by atoms with Crippen molar-refractivity contribution in [2.75, 3.05) is 13.7 Å². The lowest BCUT2D eigenvalue weighted by molar-refractivity contribution is -0.125. The van der Waals surface area contributed by atoms with E-state index in [1.54, 1.807) is 7.11 Å². The second kappa shape index (κ2) is 7.43. The SMILES string of the molecule is COc1cccc(CCNC(=O)C2CCc3nc4cc(C)ccn4c3C2)c1. The van der Waals surface area contributed by atoms with Gasteiger partial charge in [-0.1, -0.05) is 12.1 Å². The molecule has 2 heterocycles. The highest BCUT2D eigenvalue weighted by Gasteiger charge is 2.27. The number of nitrogens with one attached hydrogen (secondary N) is 1. The van der Waals surface area contributed by atoms with Gasteiger partial charge in [0.05, 0.1) is 12.8 Å². The number of rotatable bonds is 5. The van der Waals surface area contributed by atoms with Crippen molar-refractivity contribution in [3.63, 3.8) is 0 Å². The number of nitrogens with zero attached hydrogens (tertiary/aromatic N) is 2. The predicted octanol–water partition coefficient (Wildman–Crippen LogP) is 3.12. The quantitative estimate of drug-likeness (QED) is 0.758. The van der Waals surface area contributed by atoms with Gasteiger partial charge in [-0.2, -0.15) is 0 Å². The van der Waals surface area contributed by atoms with Gasteiger partial charge in [-0.15, -0.1) is 0 Å². The maximum atomic E-state index is 12.7. The summed E-state index contributed by atoms with van der Waals surface area (Å²) in [6.45, 7) is 2.72. The summed E-state index contributed by atoms with van der Waals surface area (Å²) in [7, 11) is 1.67. The van der Waals surface area contributed by atoms with Crippen LogP contribution in [0.3, 0.4) is 0 Å². The molecule has 5 heteroatoms. The number of carbonyl (C=O) groups excluding carboxylic acids is 1. The summed E-state index contributed by atoms with van der Waals surface area (Å²) in [6, 6.07) is 12.2. The smallest absolute Gasteiger partial charge is 0.223 e. The van der Waals surface area contributed by atoms with Crippen LogP contribution in [0.2, 0.25) is 0 Å². The molecule has 3 aromatic rings. The largest absolute Gasteiger partial charge is 0.497 e. The monoisotopic (exact) mass is 363 g/mol. The van der Waals surface area contributed by atoms with Crippen LogP contribution in [0.15, 0.2) is 42.6 Å². The van der Waals surface area contributed by atoms with E-state index in [0.717, 1.165) is 48.3 Å². The second-order valence-electron chi connectivity index (χ2n) is 7.27. The predicted molar refractivity (Wildman–Crippen MR) is 105 cm³/mol. The molecule has 1 aromatic carbocycles. The lowest BCUT2D eigenvalue weighted by atomic mass is 9.89. The van der Waals surface area contributed by atoms with Gasteiger partial charge in [0.25, 0.3) is 0 Å². The standard InChI is InChI=1S/C22H25N3O2/c1-15-9-11-25-20-14-17(6-7-19(20)24-21(25)12-15)22(26)23-10-8-16-4-3-5-18(13-16)27-2/h3-5,9,11-13,17H,6-8,10,14H2,1-2H3,(H,23,26). The van der Waals surface area contributed by atoms with E-state index in [-0.39, 0.29) is 11.8 Å². The van der Waals surface area contributed by atoms with Gasteiger partial charge in [0, 0.05) is 30.8 Å². The highest BCUT2D eigenvalue weighted by atomic mass is 16.5. The maximum absolute atomic E-state index is 12.7. The average molecular weight is 363 g/mol. The van der Waals surface area contributed by atoms with Crippen LogP contribution in [0, 0.1) is 12.8 Å². The molecule has 1 N–H and O–H groups in total. The van der Waals surface area contributed by atoms with Crippen molar-refractivity contribution < 1.29 is 9.53 Å². The normalized spacial score (nSPS) is 16.1. The Morgan fingerprint density at radius 2 is 2.22 bits per heavy atom. The van der Waals surface area contributed by atoms with Crippen LogP contribution in [0.1, 0.15) is 28.9 Å². The highest BCUT2D eigenvalue weighted by molar-refractivity contribution is 5.79. The number of aryl methyl sites for hydroxylation is 2.